The van der Waals surface area contributed by atoms with Crippen LogP contribution in [0.15, 0.2) is 54.6 Å². The van der Waals surface area contributed by atoms with Crippen LogP contribution in [0.2, 0.25) is 0 Å². The molecule has 0 saturated heterocycles. The van der Waals surface area contributed by atoms with E-state index in [-0.39, 0.29) is 0 Å². The molecule has 17 heavy (non-hydrogen) atoms. The van der Waals surface area contributed by atoms with Crippen LogP contribution in [0.25, 0.3) is 0 Å². The lowest BCUT2D eigenvalue weighted by atomic mass is 10.1. The molecule has 0 aromatic heterocycles. The van der Waals surface area contributed by atoms with E-state index in [9.17, 15) is 5.11 Å². The highest BCUT2D eigenvalue weighted by Gasteiger charge is 2.12. The number of ether oxygens (including phenoxy) is 1. The summed E-state index contributed by atoms with van der Waals surface area (Å²) in [5.74, 6) is 1.16. The Morgan fingerprint density at radius 3 is 2.35 bits per heavy atom. The first-order valence-electron chi connectivity index (χ1n) is 5.21. The fourth-order valence-corrected chi connectivity index (χ4v) is 1.48. The summed E-state index contributed by atoms with van der Waals surface area (Å²) in [7, 11) is 0. The summed E-state index contributed by atoms with van der Waals surface area (Å²) >= 11 is 0. The highest BCUT2D eigenvalue weighted by Crippen LogP contribution is 2.28. The van der Waals surface area contributed by atoms with Crippen molar-refractivity contribution in [1.82, 2.24) is 0 Å². The Labute approximate surface area is 99.5 Å². The number of hydrogen-bond acceptors (Lipinski definition) is 3. The third-order valence-corrected chi connectivity index (χ3v) is 2.31. The van der Waals surface area contributed by atoms with Gasteiger partial charge in [-0.05, 0) is 18.2 Å². The maximum absolute atomic E-state index is 9.55. The molecule has 0 bridgehead atoms. The Balaban J connectivity index is 2.31. The van der Waals surface area contributed by atoms with Gasteiger partial charge in [0.2, 0.25) is 0 Å². The molecule has 3 nitrogen and oxygen atoms in total. The van der Waals surface area contributed by atoms with Crippen LogP contribution in [0.3, 0.4) is 0 Å². The molecule has 2 rings (SSSR count). The van der Waals surface area contributed by atoms with Gasteiger partial charge in [-0.2, -0.15) is 5.26 Å². The number of aliphatic hydroxyl groups excluding tert-OH is 1. The molecule has 2 aromatic rings. The minimum Gasteiger partial charge on any atom is -0.457 e. The van der Waals surface area contributed by atoms with Crippen LogP contribution in [-0.2, 0) is 0 Å². The van der Waals surface area contributed by atoms with Crippen LogP contribution in [-0.4, -0.2) is 5.11 Å². The predicted molar refractivity (Wildman–Crippen MR) is 63.5 cm³/mol. The summed E-state index contributed by atoms with van der Waals surface area (Å²) in [6, 6.07) is 18.0. The van der Waals surface area contributed by atoms with Crippen LogP contribution in [0.4, 0.5) is 0 Å². The first-order valence-corrected chi connectivity index (χ1v) is 5.21. The summed E-state index contributed by atoms with van der Waals surface area (Å²) < 4.78 is 5.62. The minimum atomic E-state index is -1.17. The van der Waals surface area contributed by atoms with E-state index in [4.69, 9.17) is 10.00 Å². The van der Waals surface area contributed by atoms with Crippen molar-refractivity contribution in [2.45, 2.75) is 6.10 Å². The van der Waals surface area contributed by atoms with Crippen molar-refractivity contribution in [1.29, 1.82) is 5.26 Å². The molecule has 0 fully saturated rings. The Morgan fingerprint density at radius 1 is 1.00 bits per heavy atom. The van der Waals surface area contributed by atoms with Gasteiger partial charge in [0, 0.05) is 5.56 Å². The molecule has 0 unspecified atom stereocenters. The molecule has 0 radical (unpaired) electrons. The van der Waals surface area contributed by atoms with Crippen LogP contribution < -0.4 is 4.74 Å². The molecule has 0 spiro atoms. The van der Waals surface area contributed by atoms with Crippen molar-refractivity contribution in [2.24, 2.45) is 0 Å². The fourth-order valence-electron chi connectivity index (χ4n) is 1.48. The summed E-state index contributed by atoms with van der Waals surface area (Å²) in [4.78, 5) is 0. The summed E-state index contributed by atoms with van der Waals surface area (Å²) in [6.07, 6.45) is -1.17. The molecule has 3 heteroatoms. The second kappa shape index (κ2) is 5.15. The average molecular weight is 225 g/mol. The lowest BCUT2D eigenvalue weighted by Gasteiger charge is -2.11. The topological polar surface area (TPSA) is 53.2 Å². The number of rotatable bonds is 3. The van der Waals surface area contributed by atoms with E-state index in [1.165, 1.54) is 0 Å². The van der Waals surface area contributed by atoms with Gasteiger partial charge in [0.05, 0.1) is 6.07 Å². The SMILES string of the molecule is N#C[C@@H](O)c1ccccc1Oc1ccccc1. The van der Waals surface area contributed by atoms with Crippen molar-refractivity contribution < 1.29 is 9.84 Å². The molecule has 0 aliphatic rings. The van der Waals surface area contributed by atoms with Crippen LogP contribution in [0.1, 0.15) is 11.7 Å². The molecular weight excluding hydrogens is 214 g/mol. The van der Waals surface area contributed by atoms with Gasteiger partial charge in [-0.25, -0.2) is 0 Å². The van der Waals surface area contributed by atoms with Crippen molar-refractivity contribution in [2.75, 3.05) is 0 Å². The zero-order chi connectivity index (χ0) is 12.1. The zero-order valence-electron chi connectivity index (χ0n) is 9.08. The number of hydrogen-bond donors (Lipinski definition) is 1. The Kier molecular flexibility index (Phi) is 3.39. The molecule has 0 amide bonds. The first kappa shape index (κ1) is 11.2. The zero-order valence-corrected chi connectivity index (χ0v) is 9.08. The van der Waals surface area contributed by atoms with Crippen molar-refractivity contribution >= 4 is 0 Å². The van der Waals surface area contributed by atoms with Gasteiger partial charge in [0.1, 0.15) is 11.5 Å². The Morgan fingerprint density at radius 2 is 1.65 bits per heavy atom. The maximum Gasteiger partial charge on any atom is 0.169 e. The Bertz CT molecular complexity index is 531. The van der Waals surface area contributed by atoms with E-state index >= 15 is 0 Å². The van der Waals surface area contributed by atoms with Crippen molar-refractivity contribution in [3.63, 3.8) is 0 Å². The van der Waals surface area contributed by atoms with Gasteiger partial charge in [0.25, 0.3) is 0 Å². The highest BCUT2D eigenvalue weighted by molar-refractivity contribution is 5.40. The monoisotopic (exact) mass is 225 g/mol. The number of para-hydroxylation sites is 2. The van der Waals surface area contributed by atoms with Crippen LogP contribution >= 0.6 is 0 Å². The number of nitriles is 1. The van der Waals surface area contributed by atoms with Gasteiger partial charge in [-0.15, -0.1) is 0 Å². The third-order valence-electron chi connectivity index (χ3n) is 2.31. The number of nitrogens with zero attached hydrogens (tertiary/aromatic N) is 1. The van der Waals surface area contributed by atoms with Gasteiger partial charge in [-0.1, -0.05) is 36.4 Å². The summed E-state index contributed by atoms with van der Waals surface area (Å²) in [6.45, 7) is 0. The molecule has 0 aliphatic heterocycles. The van der Waals surface area contributed by atoms with Gasteiger partial charge >= 0.3 is 0 Å². The molecule has 0 aliphatic carbocycles. The summed E-state index contributed by atoms with van der Waals surface area (Å²) in [5, 5.41) is 18.3. The molecule has 0 heterocycles. The Hall–Kier alpha value is -2.31. The second-order valence-corrected chi connectivity index (χ2v) is 3.48. The van der Waals surface area contributed by atoms with Crippen LogP contribution in [0, 0.1) is 11.3 Å². The standard InChI is InChI=1S/C14H11NO2/c15-10-13(16)12-8-4-5-9-14(12)17-11-6-2-1-3-7-11/h1-9,13,16H/t13-/m1/s1. The third kappa shape index (κ3) is 2.63. The van der Waals surface area contributed by atoms with Crippen molar-refractivity contribution in [3.8, 4) is 17.6 Å². The van der Waals surface area contributed by atoms with Gasteiger partial charge in [-0.3, -0.25) is 0 Å². The minimum absolute atomic E-state index is 0.471. The van der Waals surface area contributed by atoms with E-state index in [0.717, 1.165) is 0 Å². The molecule has 1 N–H and O–H groups in total. The van der Waals surface area contributed by atoms with E-state index in [1.807, 2.05) is 30.3 Å². The second-order valence-electron chi connectivity index (χ2n) is 3.48. The van der Waals surface area contributed by atoms with Crippen molar-refractivity contribution in [3.05, 3.63) is 60.2 Å². The largest absolute Gasteiger partial charge is 0.457 e. The summed E-state index contributed by atoms with van der Waals surface area (Å²) in [5.41, 5.74) is 0.471. The number of aliphatic hydroxyl groups is 1. The van der Waals surface area contributed by atoms with Crippen LogP contribution in [0.5, 0.6) is 11.5 Å². The quantitative estimate of drug-likeness (QED) is 0.817. The van der Waals surface area contributed by atoms with Gasteiger partial charge in [0.15, 0.2) is 6.10 Å². The normalized spacial score (nSPS) is 11.5. The molecule has 2 aromatic carbocycles. The van der Waals surface area contributed by atoms with E-state index in [2.05, 4.69) is 0 Å². The fraction of sp³-hybridized carbons (Fsp3) is 0.0714. The molecule has 1 atom stereocenters. The van der Waals surface area contributed by atoms with Gasteiger partial charge < -0.3 is 9.84 Å². The smallest absolute Gasteiger partial charge is 0.169 e. The van der Waals surface area contributed by atoms with E-state index < -0.39 is 6.10 Å². The maximum atomic E-state index is 9.55. The average Bonchev–Trinajstić information content (AvgIpc) is 2.40. The molecular formula is C14H11NO2. The molecule has 0 saturated carbocycles. The first-order chi connectivity index (χ1) is 8.31. The van der Waals surface area contributed by atoms with E-state index in [0.29, 0.717) is 17.1 Å². The predicted octanol–water partition coefficient (Wildman–Crippen LogP) is 3.04. The lowest BCUT2D eigenvalue weighted by molar-refractivity contribution is 0.231. The number of benzene rings is 2. The highest BCUT2D eigenvalue weighted by atomic mass is 16.5. The lowest BCUT2D eigenvalue weighted by Crippen LogP contribution is -1.97. The molecule has 84 valence electrons. The van der Waals surface area contributed by atoms with E-state index in [1.54, 1.807) is 30.3 Å².